The molecule has 2 aromatic carbocycles. The number of halogens is 1. The third-order valence-corrected chi connectivity index (χ3v) is 4.18. The summed E-state index contributed by atoms with van der Waals surface area (Å²) in [6, 6.07) is 13.5. The number of carbonyl (C=O) groups is 2. The van der Waals surface area contributed by atoms with Crippen molar-refractivity contribution in [1.82, 2.24) is 5.32 Å². The number of anilines is 1. The molecule has 0 saturated carbocycles. The minimum absolute atomic E-state index is 0.0116. The molecule has 1 saturated heterocycles. The van der Waals surface area contributed by atoms with Crippen LogP contribution < -0.4 is 10.2 Å². The average Bonchev–Trinajstić information content (AvgIpc) is 2.53. The van der Waals surface area contributed by atoms with Gasteiger partial charge in [0.25, 0.3) is 11.8 Å². The summed E-state index contributed by atoms with van der Waals surface area (Å²) in [5.41, 5.74) is 0.797. The number of nitrogens with one attached hydrogen (secondary N) is 1. The lowest BCUT2D eigenvalue weighted by Gasteiger charge is -2.29. The number of phenols is 1. The molecule has 2 aromatic rings. The molecule has 0 aromatic heterocycles. The molecular formula is C17H11BrN2O3S. The lowest BCUT2D eigenvalue weighted by atomic mass is 10.1. The van der Waals surface area contributed by atoms with Gasteiger partial charge in [-0.15, -0.1) is 0 Å². The molecule has 0 radical (unpaired) electrons. The van der Waals surface area contributed by atoms with Crippen LogP contribution in [0.25, 0.3) is 6.08 Å². The first-order chi connectivity index (χ1) is 11.5. The van der Waals surface area contributed by atoms with Crippen molar-refractivity contribution in [3.05, 3.63) is 64.1 Å². The van der Waals surface area contributed by atoms with Crippen molar-refractivity contribution in [3.8, 4) is 5.75 Å². The zero-order chi connectivity index (χ0) is 17.3. The zero-order valence-electron chi connectivity index (χ0n) is 12.2. The van der Waals surface area contributed by atoms with Gasteiger partial charge in [0, 0.05) is 10.0 Å². The van der Waals surface area contributed by atoms with Crippen LogP contribution in [0.1, 0.15) is 5.56 Å². The Morgan fingerprint density at radius 2 is 1.88 bits per heavy atom. The number of amides is 2. The fourth-order valence-electron chi connectivity index (χ4n) is 2.27. The molecule has 0 aliphatic carbocycles. The Kier molecular flexibility index (Phi) is 4.46. The van der Waals surface area contributed by atoms with Crippen LogP contribution in [0, 0.1) is 0 Å². The molecule has 7 heteroatoms. The smallest absolute Gasteiger partial charge is 0.270 e. The first-order valence-corrected chi connectivity index (χ1v) is 8.12. The number of para-hydroxylation sites is 1. The summed E-state index contributed by atoms with van der Waals surface area (Å²) in [5, 5.41) is 12.4. The van der Waals surface area contributed by atoms with Crippen molar-refractivity contribution >= 4 is 56.8 Å². The molecule has 1 fully saturated rings. The summed E-state index contributed by atoms with van der Waals surface area (Å²) in [5.74, 6) is -1.17. The van der Waals surface area contributed by atoms with E-state index in [1.165, 1.54) is 17.0 Å². The maximum Gasteiger partial charge on any atom is 0.270 e. The number of rotatable bonds is 2. The summed E-state index contributed by atoms with van der Waals surface area (Å²) in [6.07, 6.45) is 1.35. The van der Waals surface area contributed by atoms with Crippen molar-refractivity contribution in [3.63, 3.8) is 0 Å². The van der Waals surface area contributed by atoms with Gasteiger partial charge in [-0.1, -0.05) is 40.2 Å². The highest BCUT2D eigenvalue weighted by atomic mass is 79.9. The van der Waals surface area contributed by atoms with Crippen molar-refractivity contribution < 1.29 is 14.7 Å². The fourth-order valence-corrected chi connectivity index (χ4v) is 2.94. The Labute approximate surface area is 151 Å². The molecule has 24 heavy (non-hydrogen) atoms. The van der Waals surface area contributed by atoms with Crippen LogP contribution in [0.15, 0.2) is 58.6 Å². The second kappa shape index (κ2) is 6.54. The Morgan fingerprint density at radius 1 is 1.12 bits per heavy atom. The fraction of sp³-hybridized carbons (Fsp3) is 0. The SMILES string of the molecule is O=C1NC(=S)N(c2cccc(Br)c2)C(=O)/C1=C/c1ccccc1O. The summed E-state index contributed by atoms with van der Waals surface area (Å²) in [6.45, 7) is 0. The van der Waals surface area contributed by atoms with Crippen LogP contribution >= 0.6 is 28.1 Å². The minimum atomic E-state index is -0.598. The Balaban J connectivity index is 2.05. The summed E-state index contributed by atoms with van der Waals surface area (Å²) < 4.78 is 0.777. The molecule has 2 N–H and O–H groups in total. The van der Waals surface area contributed by atoms with Gasteiger partial charge in [0.15, 0.2) is 5.11 Å². The minimum Gasteiger partial charge on any atom is -0.507 e. The van der Waals surface area contributed by atoms with Gasteiger partial charge in [-0.2, -0.15) is 0 Å². The van der Waals surface area contributed by atoms with E-state index in [1.807, 2.05) is 6.07 Å². The van der Waals surface area contributed by atoms with Crippen LogP contribution in [0.2, 0.25) is 0 Å². The number of hydrogen-bond donors (Lipinski definition) is 2. The third kappa shape index (κ3) is 3.08. The van der Waals surface area contributed by atoms with Crippen LogP contribution in [-0.4, -0.2) is 22.0 Å². The summed E-state index contributed by atoms with van der Waals surface area (Å²) in [7, 11) is 0. The lowest BCUT2D eigenvalue weighted by Crippen LogP contribution is -2.54. The van der Waals surface area contributed by atoms with Gasteiger partial charge < -0.3 is 5.11 Å². The van der Waals surface area contributed by atoms with E-state index in [4.69, 9.17) is 12.2 Å². The second-order valence-corrected chi connectivity index (χ2v) is 6.30. The third-order valence-electron chi connectivity index (χ3n) is 3.40. The first kappa shape index (κ1) is 16.4. The number of hydrogen-bond acceptors (Lipinski definition) is 4. The van der Waals surface area contributed by atoms with Crippen LogP contribution in [0.5, 0.6) is 5.75 Å². The van der Waals surface area contributed by atoms with E-state index in [0.717, 1.165) is 4.47 Å². The van der Waals surface area contributed by atoms with Crippen molar-refractivity contribution in [1.29, 1.82) is 0 Å². The zero-order valence-corrected chi connectivity index (χ0v) is 14.6. The number of nitrogens with zero attached hydrogens (tertiary/aromatic N) is 1. The predicted molar refractivity (Wildman–Crippen MR) is 98.5 cm³/mol. The van der Waals surface area contributed by atoms with Gasteiger partial charge in [-0.05, 0) is 42.6 Å². The Bertz CT molecular complexity index is 895. The van der Waals surface area contributed by atoms with Crippen molar-refractivity contribution in [2.75, 3.05) is 4.90 Å². The molecule has 2 amide bonds. The van der Waals surface area contributed by atoms with Gasteiger partial charge in [-0.25, -0.2) is 0 Å². The quantitative estimate of drug-likeness (QED) is 0.460. The normalized spacial score (nSPS) is 16.5. The van der Waals surface area contributed by atoms with E-state index in [0.29, 0.717) is 11.3 Å². The molecule has 3 rings (SSSR count). The molecule has 1 aliphatic heterocycles. The predicted octanol–water partition coefficient (Wildman–Crippen LogP) is 2.99. The van der Waals surface area contributed by atoms with E-state index in [2.05, 4.69) is 21.2 Å². The molecule has 1 heterocycles. The average molecular weight is 403 g/mol. The molecule has 1 aliphatic rings. The molecule has 5 nitrogen and oxygen atoms in total. The number of aromatic hydroxyl groups is 1. The molecule has 0 bridgehead atoms. The molecular weight excluding hydrogens is 392 g/mol. The number of thiocarbonyl (C=S) groups is 1. The number of phenolic OH excluding ortho intramolecular Hbond substituents is 1. The van der Waals surface area contributed by atoms with Gasteiger partial charge in [0.2, 0.25) is 0 Å². The molecule has 0 unspecified atom stereocenters. The van der Waals surface area contributed by atoms with Gasteiger partial charge in [0.1, 0.15) is 11.3 Å². The van der Waals surface area contributed by atoms with Crippen LogP contribution in [0.4, 0.5) is 5.69 Å². The molecule has 0 spiro atoms. The van der Waals surface area contributed by atoms with E-state index < -0.39 is 11.8 Å². The Morgan fingerprint density at radius 3 is 2.58 bits per heavy atom. The molecule has 120 valence electrons. The maximum atomic E-state index is 12.8. The van der Waals surface area contributed by atoms with Crippen molar-refractivity contribution in [2.45, 2.75) is 0 Å². The van der Waals surface area contributed by atoms with Gasteiger partial charge in [0.05, 0.1) is 5.69 Å². The largest absolute Gasteiger partial charge is 0.507 e. The highest BCUT2D eigenvalue weighted by Gasteiger charge is 2.34. The van der Waals surface area contributed by atoms with Gasteiger partial charge >= 0.3 is 0 Å². The van der Waals surface area contributed by atoms with Crippen LogP contribution in [0.3, 0.4) is 0 Å². The second-order valence-electron chi connectivity index (χ2n) is 5.00. The number of carbonyl (C=O) groups excluding carboxylic acids is 2. The first-order valence-electron chi connectivity index (χ1n) is 6.92. The van der Waals surface area contributed by atoms with Crippen molar-refractivity contribution in [2.24, 2.45) is 0 Å². The highest BCUT2D eigenvalue weighted by molar-refractivity contribution is 9.10. The van der Waals surface area contributed by atoms with Crippen LogP contribution in [-0.2, 0) is 9.59 Å². The van der Waals surface area contributed by atoms with E-state index in [1.54, 1.807) is 36.4 Å². The summed E-state index contributed by atoms with van der Waals surface area (Å²) >= 11 is 8.47. The summed E-state index contributed by atoms with van der Waals surface area (Å²) in [4.78, 5) is 26.2. The monoisotopic (exact) mass is 402 g/mol. The van der Waals surface area contributed by atoms with Gasteiger partial charge in [-0.3, -0.25) is 19.8 Å². The van der Waals surface area contributed by atoms with E-state index in [9.17, 15) is 14.7 Å². The van der Waals surface area contributed by atoms with E-state index in [-0.39, 0.29) is 16.4 Å². The molecule has 0 atom stereocenters. The number of benzene rings is 2. The lowest BCUT2D eigenvalue weighted by molar-refractivity contribution is -0.122. The topological polar surface area (TPSA) is 69.6 Å². The maximum absolute atomic E-state index is 12.8. The highest BCUT2D eigenvalue weighted by Crippen LogP contribution is 2.26. The standard InChI is InChI=1S/C17H11BrN2O3S/c18-11-5-3-6-12(9-11)20-16(23)13(15(22)19-17(20)24)8-10-4-1-2-7-14(10)21/h1-9,21H,(H,19,22,24)/b13-8+. The van der Waals surface area contributed by atoms with E-state index >= 15 is 0 Å². The Hall–Kier alpha value is -2.51.